The third kappa shape index (κ3) is 1330. The molecule has 0 amide bonds. The van der Waals surface area contributed by atoms with Gasteiger partial charge in [0, 0.05) is 0 Å². The van der Waals surface area contributed by atoms with E-state index in [0.717, 1.165) is 0 Å². The van der Waals surface area contributed by atoms with Crippen LogP contribution in [-0.2, 0) is 65.4 Å². The van der Waals surface area contributed by atoms with Gasteiger partial charge in [-0.1, -0.05) is 0 Å². The van der Waals surface area contributed by atoms with Crippen LogP contribution in [0.25, 0.3) is 0 Å². The minimum atomic E-state index is -1.75. The summed E-state index contributed by atoms with van der Waals surface area (Å²) in [5.74, 6) is 0. The zero-order chi connectivity index (χ0) is 21.5. The van der Waals surface area contributed by atoms with Crippen LogP contribution in [0.15, 0.2) is 0 Å². The molecule has 0 atom stereocenters. The molecule has 0 fully saturated rings. The second kappa shape index (κ2) is 43.3. The SMILES string of the molecule is O=[N+]([O-])[O-].O=[N+]([O-])[O-].O=[N+]([O-])[O-].O=[N+]([O-])[O-].O=[N+]([O-])[O-].O=[N+]([O-])[O-].[Y+3].[Y+3]. The van der Waals surface area contributed by atoms with Crippen molar-refractivity contribution in [3.05, 3.63) is 91.9 Å². The first-order valence-electron chi connectivity index (χ1n) is 3.29. The van der Waals surface area contributed by atoms with Gasteiger partial charge < -0.3 is 91.9 Å². The Kier molecular flexibility index (Phi) is 82.4. The fraction of sp³-hybridized carbons (Fsp3) is 0. The van der Waals surface area contributed by atoms with Crippen LogP contribution in [0, 0.1) is 91.9 Å². The predicted octanol–water partition coefficient (Wildman–Crippen LogP) is -1.44. The quantitative estimate of drug-likeness (QED) is 0.246. The van der Waals surface area contributed by atoms with E-state index in [2.05, 4.69) is 0 Å². The van der Waals surface area contributed by atoms with E-state index in [1.807, 2.05) is 0 Å². The molecule has 0 saturated heterocycles. The van der Waals surface area contributed by atoms with E-state index in [4.69, 9.17) is 91.9 Å². The van der Waals surface area contributed by atoms with Gasteiger partial charge in [0.1, 0.15) is 0 Å². The summed E-state index contributed by atoms with van der Waals surface area (Å²) in [7, 11) is 0. The van der Waals surface area contributed by atoms with Gasteiger partial charge in [0.05, 0.1) is 30.5 Å². The minimum Gasteiger partial charge on any atom is -0.356 e. The van der Waals surface area contributed by atoms with Crippen LogP contribution in [0.2, 0.25) is 0 Å². The van der Waals surface area contributed by atoms with Gasteiger partial charge in [-0.3, -0.25) is 0 Å². The third-order valence-electron chi connectivity index (χ3n) is 0. The van der Waals surface area contributed by atoms with Crippen molar-refractivity contribution in [1.82, 2.24) is 0 Å². The van der Waals surface area contributed by atoms with E-state index in [1.54, 1.807) is 0 Å². The Morgan fingerprint density at radius 2 is 0.269 bits per heavy atom. The van der Waals surface area contributed by atoms with Crippen molar-refractivity contribution < 1.29 is 95.9 Å². The Morgan fingerprint density at radius 1 is 0.269 bits per heavy atom. The number of hydrogen-bond acceptors (Lipinski definition) is 18. The molecule has 0 N–H and O–H groups in total. The Balaban J connectivity index is -0.0000000245. The van der Waals surface area contributed by atoms with Gasteiger partial charge in [0.25, 0.3) is 0 Å². The largest absolute Gasteiger partial charge is 3.00 e. The van der Waals surface area contributed by atoms with Crippen LogP contribution in [-0.4, -0.2) is 30.5 Å². The van der Waals surface area contributed by atoms with Crippen LogP contribution in [0.5, 0.6) is 0 Å². The second-order valence-electron chi connectivity index (χ2n) is 1.34. The van der Waals surface area contributed by atoms with E-state index < -0.39 is 30.5 Å². The van der Waals surface area contributed by atoms with Crippen molar-refractivity contribution in [2.24, 2.45) is 0 Å². The minimum absolute atomic E-state index is 0. The van der Waals surface area contributed by atoms with Gasteiger partial charge in [-0.05, 0) is 0 Å². The molecule has 0 rings (SSSR count). The van der Waals surface area contributed by atoms with Crippen molar-refractivity contribution in [1.29, 1.82) is 0 Å². The summed E-state index contributed by atoms with van der Waals surface area (Å²) in [4.78, 5) is 49.5. The molecule has 0 radical (unpaired) electrons. The third-order valence-corrected chi connectivity index (χ3v) is 0. The molecule has 0 bridgehead atoms. The average Bonchev–Trinajstić information content (AvgIpc) is 2.08. The summed E-state index contributed by atoms with van der Waals surface area (Å²) in [5.41, 5.74) is 0. The summed E-state index contributed by atoms with van der Waals surface area (Å²) >= 11 is 0. The second-order valence-corrected chi connectivity index (χ2v) is 1.34. The topological polar surface area (TPSA) is 397 Å². The zero-order valence-corrected chi connectivity index (χ0v) is 16.9. The van der Waals surface area contributed by atoms with E-state index in [-0.39, 0.29) is 65.4 Å². The normalized spacial score (nSPS) is 5.54. The van der Waals surface area contributed by atoms with Crippen LogP contribution < -0.4 is 0 Å². The number of hydrogen-bond donors (Lipinski definition) is 0. The van der Waals surface area contributed by atoms with Crippen molar-refractivity contribution in [3.8, 4) is 0 Å². The molecule has 0 aliphatic carbocycles. The molecule has 0 aliphatic rings. The molecule has 0 aromatic carbocycles. The molecule has 0 saturated carbocycles. The van der Waals surface area contributed by atoms with E-state index in [0.29, 0.717) is 0 Å². The molecule has 0 aromatic heterocycles. The first-order valence-corrected chi connectivity index (χ1v) is 3.29. The smallest absolute Gasteiger partial charge is 0.356 e. The van der Waals surface area contributed by atoms with Gasteiger partial charge in [-0.15, -0.1) is 0 Å². The maximum Gasteiger partial charge on any atom is 3.00 e. The molecule has 0 unspecified atom stereocenters. The summed E-state index contributed by atoms with van der Waals surface area (Å²) in [6, 6.07) is 0. The van der Waals surface area contributed by atoms with Crippen molar-refractivity contribution in [3.63, 3.8) is 0 Å². The van der Waals surface area contributed by atoms with Gasteiger partial charge in [-0.25, -0.2) is 0 Å². The molecule has 24 nitrogen and oxygen atoms in total. The Hall–Kier alpha value is -2.59. The van der Waals surface area contributed by atoms with Crippen LogP contribution in [0.4, 0.5) is 0 Å². The summed E-state index contributed by atoms with van der Waals surface area (Å²) in [6.07, 6.45) is 0. The van der Waals surface area contributed by atoms with Gasteiger partial charge >= 0.3 is 65.4 Å². The van der Waals surface area contributed by atoms with Crippen LogP contribution >= 0.6 is 0 Å². The van der Waals surface area contributed by atoms with E-state index in [9.17, 15) is 0 Å². The van der Waals surface area contributed by atoms with Crippen molar-refractivity contribution in [2.45, 2.75) is 0 Å². The molecule has 26 heavy (non-hydrogen) atoms. The fourth-order valence-electron chi connectivity index (χ4n) is 0. The van der Waals surface area contributed by atoms with Crippen LogP contribution in [0.1, 0.15) is 0 Å². The van der Waals surface area contributed by atoms with Gasteiger partial charge in [0.15, 0.2) is 0 Å². The van der Waals surface area contributed by atoms with Crippen molar-refractivity contribution >= 4 is 0 Å². The molecular weight excluding hydrogens is 550 g/mol. The van der Waals surface area contributed by atoms with E-state index in [1.165, 1.54) is 0 Å². The molecule has 26 heteroatoms. The standard InChI is InChI=1S/6NO3.2Y/c6*2-1(3)4;;/q6*-1;2*+3. The monoisotopic (exact) mass is 550 g/mol. The Labute approximate surface area is 187 Å². The summed E-state index contributed by atoms with van der Waals surface area (Å²) in [6.45, 7) is 0. The van der Waals surface area contributed by atoms with Crippen LogP contribution in [0.3, 0.4) is 0 Å². The fourth-order valence-corrected chi connectivity index (χ4v) is 0. The number of nitrogens with zero attached hydrogens (tertiary/aromatic N) is 6. The first kappa shape index (κ1) is 49.5. The zero-order valence-electron chi connectivity index (χ0n) is 11.2. The van der Waals surface area contributed by atoms with Crippen molar-refractivity contribution in [2.75, 3.05) is 0 Å². The number of rotatable bonds is 0. The van der Waals surface area contributed by atoms with E-state index >= 15 is 0 Å². The Morgan fingerprint density at radius 3 is 0.269 bits per heavy atom. The molecule has 0 spiro atoms. The average molecular weight is 550 g/mol. The molecule has 144 valence electrons. The maximum atomic E-state index is 8.25. The predicted molar refractivity (Wildman–Crippen MR) is 62.2 cm³/mol. The molecular formula is N6O18Y2. The van der Waals surface area contributed by atoms with Gasteiger partial charge in [-0.2, -0.15) is 0 Å². The molecule has 0 heterocycles. The molecule has 0 aromatic rings. The Bertz CT molecular complexity index is 261. The summed E-state index contributed by atoms with van der Waals surface area (Å²) < 4.78 is 0. The van der Waals surface area contributed by atoms with Gasteiger partial charge in [0.2, 0.25) is 0 Å². The maximum absolute atomic E-state index is 8.25. The summed E-state index contributed by atoms with van der Waals surface area (Å²) in [5, 5.41) is 88.5. The molecule has 0 aliphatic heterocycles. The first-order chi connectivity index (χ1) is 10.4.